The van der Waals surface area contributed by atoms with Crippen LogP contribution in [0.1, 0.15) is 37.5 Å². The van der Waals surface area contributed by atoms with Crippen LogP contribution in [0, 0.1) is 0 Å². The van der Waals surface area contributed by atoms with E-state index in [1.165, 1.54) is 31.5 Å². The number of halogens is 1. The molecule has 2 aromatic carbocycles. The van der Waals surface area contributed by atoms with Crippen LogP contribution in [0.15, 0.2) is 70.2 Å². The summed E-state index contributed by atoms with van der Waals surface area (Å²) in [4.78, 5) is 45.2. The zero-order valence-electron chi connectivity index (χ0n) is 16.9. The molecule has 0 radical (unpaired) electrons. The maximum absolute atomic E-state index is 13.2. The van der Waals surface area contributed by atoms with Gasteiger partial charge in [-0.15, -0.1) is 0 Å². The Morgan fingerprint density at radius 1 is 1.06 bits per heavy atom. The summed E-state index contributed by atoms with van der Waals surface area (Å²) in [7, 11) is 1.28. The average molecular weight is 493 g/mol. The second-order valence-electron chi connectivity index (χ2n) is 7.06. The summed E-state index contributed by atoms with van der Waals surface area (Å²) >= 11 is 3.35. The Bertz CT molecular complexity index is 1430. The third-order valence-electron chi connectivity index (χ3n) is 5.04. The summed E-state index contributed by atoms with van der Waals surface area (Å²) < 4.78 is 5.90. The number of aromatic amines is 1. The molecule has 0 amide bonds. The van der Waals surface area contributed by atoms with E-state index in [1.54, 1.807) is 12.1 Å². The van der Waals surface area contributed by atoms with Crippen LogP contribution in [0.4, 0.5) is 0 Å². The number of aromatic nitrogens is 2. The molecule has 7 nitrogen and oxygen atoms in total. The Labute approximate surface area is 190 Å². The standard InChI is InChI=1S/C24H17BrN2O5/c1-32-23-15(5-3-6-16(23)24(30)31)21(28)18-12-26-19-9-8-13(11-17(19)22(18)29)10-14-4-2-7-20(25)27-14/h2-9,11-12H,10H2,1H3,(H,26,29)(H,30,31). The van der Waals surface area contributed by atoms with Crippen molar-refractivity contribution in [2.75, 3.05) is 7.11 Å². The van der Waals surface area contributed by atoms with Gasteiger partial charge in [-0.25, -0.2) is 9.78 Å². The molecule has 2 heterocycles. The first-order valence-corrected chi connectivity index (χ1v) is 10.4. The van der Waals surface area contributed by atoms with Crippen LogP contribution < -0.4 is 10.2 Å². The number of H-pyrrole nitrogens is 1. The minimum absolute atomic E-state index is 0.00624. The molecule has 160 valence electrons. The molecule has 8 heteroatoms. The number of rotatable bonds is 6. The molecule has 0 atom stereocenters. The molecule has 32 heavy (non-hydrogen) atoms. The van der Waals surface area contributed by atoms with E-state index in [9.17, 15) is 19.5 Å². The zero-order chi connectivity index (χ0) is 22.8. The van der Waals surface area contributed by atoms with Gasteiger partial charge >= 0.3 is 5.97 Å². The van der Waals surface area contributed by atoms with E-state index in [4.69, 9.17) is 4.74 Å². The summed E-state index contributed by atoms with van der Waals surface area (Å²) in [5.74, 6) is -1.93. The quantitative estimate of drug-likeness (QED) is 0.308. The van der Waals surface area contributed by atoms with Crippen LogP contribution in [0.2, 0.25) is 0 Å². The number of ether oxygens (including phenoxy) is 1. The van der Waals surface area contributed by atoms with Gasteiger partial charge in [0.15, 0.2) is 0 Å². The van der Waals surface area contributed by atoms with Crippen LogP contribution in [0.25, 0.3) is 10.9 Å². The summed E-state index contributed by atoms with van der Waals surface area (Å²) in [6.45, 7) is 0. The van der Waals surface area contributed by atoms with Crippen molar-refractivity contribution in [2.24, 2.45) is 0 Å². The highest BCUT2D eigenvalue weighted by Gasteiger charge is 2.23. The van der Waals surface area contributed by atoms with Crippen molar-refractivity contribution >= 4 is 38.6 Å². The number of hydrogen-bond acceptors (Lipinski definition) is 5. The lowest BCUT2D eigenvalue weighted by molar-refractivity contribution is 0.0693. The van der Waals surface area contributed by atoms with Crippen LogP contribution in [0.3, 0.4) is 0 Å². The number of fused-ring (bicyclic) bond motifs is 1. The molecule has 4 aromatic rings. The SMILES string of the molecule is COc1c(C(=O)O)cccc1C(=O)c1c[nH]c2ccc(Cc3cccc(Br)n3)cc2c1=O. The van der Waals surface area contributed by atoms with Crippen LogP contribution in [-0.2, 0) is 6.42 Å². The minimum Gasteiger partial charge on any atom is -0.495 e. The molecule has 0 aliphatic carbocycles. The summed E-state index contributed by atoms with van der Waals surface area (Å²) in [5, 5.41) is 9.73. The number of pyridine rings is 2. The van der Waals surface area contributed by atoms with Gasteiger partial charge in [0.05, 0.1) is 18.2 Å². The van der Waals surface area contributed by atoms with Crippen molar-refractivity contribution in [3.8, 4) is 5.75 Å². The minimum atomic E-state index is -1.23. The first-order valence-electron chi connectivity index (χ1n) is 9.60. The van der Waals surface area contributed by atoms with E-state index in [0.717, 1.165) is 15.9 Å². The summed E-state index contributed by atoms with van der Waals surface area (Å²) in [5.41, 5.74) is 1.59. The second kappa shape index (κ2) is 8.76. The summed E-state index contributed by atoms with van der Waals surface area (Å²) in [6, 6.07) is 15.2. The Kier molecular flexibility index (Phi) is 5.87. The maximum atomic E-state index is 13.2. The Balaban J connectivity index is 1.78. The highest BCUT2D eigenvalue weighted by molar-refractivity contribution is 9.10. The molecule has 0 spiro atoms. The number of carboxylic acid groups (broad SMARTS) is 1. The van der Waals surface area contributed by atoms with E-state index in [2.05, 4.69) is 25.9 Å². The maximum Gasteiger partial charge on any atom is 0.339 e. The fraction of sp³-hybridized carbons (Fsp3) is 0.0833. The van der Waals surface area contributed by atoms with Crippen molar-refractivity contribution < 1.29 is 19.4 Å². The molecule has 0 saturated heterocycles. The number of aromatic carboxylic acids is 1. The first-order chi connectivity index (χ1) is 15.4. The van der Waals surface area contributed by atoms with Crippen LogP contribution >= 0.6 is 15.9 Å². The molecule has 2 N–H and O–H groups in total. The number of hydrogen-bond donors (Lipinski definition) is 2. The smallest absolute Gasteiger partial charge is 0.339 e. The molecule has 0 bridgehead atoms. The van der Waals surface area contributed by atoms with Gasteiger partial charge in [0.2, 0.25) is 11.2 Å². The van der Waals surface area contributed by atoms with Crippen LogP contribution in [-0.4, -0.2) is 33.9 Å². The number of benzene rings is 2. The lowest BCUT2D eigenvalue weighted by Crippen LogP contribution is -2.18. The highest BCUT2D eigenvalue weighted by Crippen LogP contribution is 2.26. The number of methoxy groups -OCH3 is 1. The third-order valence-corrected chi connectivity index (χ3v) is 5.48. The zero-order valence-corrected chi connectivity index (χ0v) is 18.5. The third kappa shape index (κ3) is 4.04. The van der Waals surface area contributed by atoms with Gasteiger partial charge in [-0.1, -0.05) is 18.2 Å². The lowest BCUT2D eigenvalue weighted by Gasteiger charge is -2.11. The van der Waals surface area contributed by atoms with Gasteiger partial charge in [-0.2, -0.15) is 0 Å². The molecule has 0 unspecified atom stereocenters. The Hall–Kier alpha value is -3.78. The van der Waals surface area contributed by atoms with Gasteiger partial charge in [-0.05, 0) is 57.9 Å². The Morgan fingerprint density at radius 3 is 2.53 bits per heavy atom. The molecule has 4 rings (SSSR count). The molecule has 0 saturated carbocycles. The van der Waals surface area contributed by atoms with Gasteiger partial charge in [0.25, 0.3) is 0 Å². The number of carbonyl (C=O) groups is 2. The van der Waals surface area contributed by atoms with Crippen molar-refractivity contribution in [1.82, 2.24) is 9.97 Å². The largest absolute Gasteiger partial charge is 0.495 e. The predicted molar refractivity (Wildman–Crippen MR) is 123 cm³/mol. The fourth-order valence-electron chi connectivity index (χ4n) is 3.55. The summed E-state index contributed by atoms with van der Waals surface area (Å²) in [6.07, 6.45) is 1.86. The van der Waals surface area contributed by atoms with Crippen molar-refractivity contribution in [2.45, 2.75) is 6.42 Å². The van der Waals surface area contributed by atoms with Gasteiger partial charge in [-0.3, -0.25) is 9.59 Å². The fourth-order valence-corrected chi connectivity index (χ4v) is 3.93. The highest BCUT2D eigenvalue weighted by atomic mass is 79.9. The Morgan fingerprint density at radius 2 is 1.81 bits per heavy atom. The van der Waals surface area contributed by atoms with E-state index < -0.39 is 17.2 Å². The topological polar surface area (TPSA) is 109 Å². The molecule has 0 aliphatic heterocycles. The normalized spacial score (nSPS) is 10.8. The number of nitrogens with one attached hydrogen (secondary N) is 1. The van der Waals surface area contributed by atoms with Gasteiger partial charge in [0, 0.05) is 29.2 Å². The van der Waals surface area contributed by atoms with E-state index in [1.807, 2.05) is 24.3 Å². The number of nitrogens with zero attached hydrogens (tertiary/aromatic N) is 1. The van der Waals surface area contributed by atoms with E-state index >= 15 is 0 Å². The van der Waals surface area contributed by atoms with E-state index in [0.29, 0.717) is 17.3 Å². The van der Waals surface area contributed by atoms with Crippen molar-refractivity contribution in [3.05, 3.63) is 104 Å². The van der Waals surface area contributed by atoms with Crippen molar-refractivity contribution in [3.63, 3.8) is 0 Å². The van der Waals surface area contributed by atoms with E-state index in [-0.39, 0.29) is 22.4 Å². The van der Waals surface area contributed by atoms with Crippen LogP contribution in [0.5, 0.6) is 5.75 Å². The molecule has 0 aliphatic rings. The average Bonchev–Trinajstić information content (AvgIpc) is 2.78. The number of carbonyl (C=O) groups excluding carboxylic acids is 1. The molecular formula is C24H17BrN2O5. The molecule has 2 aromatic heterocycles. The van der Waals surface area contributed by atoms with Crippen molar-refractivity contribution in [1.29, 1.82) is 0 Å². The lowest BCUT2D eigenvalue weighted by atomic mass is 9.98. The molecule has 0 fully saturated rings. The monoisotopic (exact) mass is 492 g/mol. The second-order valence-corrected chi connectivity index (χ2v) is 7.87. The number of carboxylic acids is 1. The van der Waals surface area contributed by atoms with Gasteiger partial charge < -0.3 is 14.8 Å². The number of ketones is 1. The predicted octanol–water partition coefficient (Wildman–Crippen LogP) is 4.21. The van der Waals surface area contributed by atoms with Gasteiger partial charge in [0.1, 0.15) is 15.9 Å². The first kappa shape index (κ1) is 21.5. The molecular weight excluding hydrogens is 476 g/mol. The number of para-hydroxylation sites is 1.